The minimum absolute atomic E-state index is 0.0891. The fourth-order valence-electron chi connectivity index (χ4n) is 1.44. The van der Waals surface area contributed by atoms with Gasteiger partial charge in [0, 0.05) is 19.2 Å². The van der Waals surface area contributed by atoms with E-state index in [1.807, 2.05) is 0 Å². The van der Waals surface area contributed by atoms with Crippen LogP contribution in [0.4, 0.5) is 4.39 Å². The van der Waals surface area contributed by atoms with Crippen molar-refractivity contribution < 1.29 is 22.3 Å². The highest BCUT2D eigenvalue weighted by Gasteiger charge is 2.16. The lowest BCUT2D eigenvalue weighted by atomic mass is 10.2. The number of ether oxygens (including phenoxy) is 2. The van der Waals surface area contributed by atoms with Crippen molar-refractivity contribution in [3.8, 4) is 0 Å². The van der Waals surface area contributed by atoms with Gasteiger partial charge in [-0.25, -0.2) is 17.5 Å². The largest absolute Gasteiger partial charge is 0.389 e. The van der Waals surface area contributed by atoms with Crippen molar-refractivity contribution in [3.63, 3.8) is 0 Å². The van der Waals surface area contributed by atoms with E-state index in [2.05, 4.69) is 16.9 Å². The van der Waals surface area contributed by atoms with Crippen LogP contribution in [0.1, 0.15) is 5.56 Å². The van der Waals surface area contributed by atoms with Gasteiger partial charge in [-0.05, 0) is 18.2 Å². The van der Waals surface area contributed by atoms with E-state index in [1.165, 1.54) is 0 Å². The van der Waals surface area contributed by atoms with Crippen LogP contribution in [-0.4, -0.2) is 46.9 Å². The first-order chi connectivity index (χ1) is 9.88. The second kappa shape index (κ2) is 8.35. The summed E-state index contributed by atoms with van der Waals surface area (Å²) < 4.78 is 49.7. The third kappa shape index (κ3) is 5.64. The number of nitrogens with two attached hydrogens (primary N) is 1. The normalized spacial score (nSPS) is 11.5. The molecule has 0 aliphatic carbocycles. The molecule has 0 aromatic heterocycles. The molecular weight excluding hydrogens is 319 g/mol. The summed E-state index contributed by atoms with van der Waals surface area (Å²) in [6.07, 6.45) is 0. The van der Waals surface area contributed by atoms with Gasteiger partial charge < -0.3 is 15.2 Å². The van der Waals surface area contributed by atoms with Crippen molar-refractivity contribution in [1.29, 1.82) is 0 Å². The maximum Gasteiger partial charge on any atom is 0.240 e. The third-order valence-electron chi connectivity index (χ3n) is 2.48. The zero-order valence-electron chi connectivity index (χ0n) is 11.5. The third-order valence-corrected chi connectivity index (χ3v) is 4.16. The Morgan fingerprint density at radius 1 is 1.38 bits per heavy atom. The topological polar surface area (TPSA) is 90.6 Å². The van der Waals surface area contributed by atoms with Crippen LogP contribution in [0.15, 0.2) is 23.1 Å². The van der Waals surface area contributed by atoms with E-state index in [-0.39, 0.29) is 28.6 Å². The Labute approximate surface area is 128 Å². The lowest BCUT2D eigenvalue weighted by Crippen LogP contribution is -2.28. The highest BCUT2D eigenvalue weighted by molar-refractivity contribution is 7.89. The van der Waals surface area contributed by atoms with Crippen molar-refractivity contribution >= 4 is 27.2 Å². The number of methoxy groups -OCH3 is 1. The molecule has 1 aromatic carbocycles. The van der Waals surface area contributed by atoms with Crippen LogP contribution in [0.5, 0.6) is 0 Å². The molecule has 1 aromatic rings. The molecule has 0 aliphatic heterocycles. The van der Waals surface area contributed by atoms with Crippen molar-refractivity contribution in [2.45, 2.75) is 4.90 Å². The van der Waals surface area contributed by atoms with Crippen LogP contribution < -0.4 is 10.5 Å². The number of thiocarbonyl (C=S) groups is 1. The van der Waals surface area contributed by atoms with E-state index < -0.39 is 15.8 Å². The molecule has 0 heterocycles. The summed E-state index contributed by atoms with van der Waals surface area (Å²) in [7, 11) is -2.23. The predicted octanol–water partition coefficient (Wildman–Crippen LogP) is 0.401. The quantitative estimate of drug-likeness (QED) is 0.501. The van der Waals surface area contributed by atoms with Gasteiger partial charge in [0.15, 0.2) is 0 Å². The molecule has 0 aliphatic rings. The molecule has 0 saturated heterocycles. The minimum Gasteiger partial charge on any atom is -0.389 e. The highest BCUT2D eigenvalue weighted by atomic mass is 32.2. The molecule has 1 rings (SSSR count). The summed E-state index contributed by atoms with van der Waals surface area (Å²) in [4.78, 5) is -0.309. The summed E-state index contributed by atoms with van der Waals surface area (Å²) in [6.45, 7) is 1.10. The predicted molar refractivity (Wildman–Crippen MR) is 80.2 cm³/mol. The van der Waals surface area contributed by atoms with Crippen LogP contribution >= 0.6 is 12.2 Å². The summed E-state index contributed by atoms with van der Waals surface area (Å²) in [6, 6.07) is 3.26. The molecule has 0 radical (unpaired) electrons. The van der Waals surface area contributed by atoms with Gasteiger partial charge in [0.1, 0.15) is 10.8 Å². The number of nitrogens with one attached hydrogen (secondary N) is 1. The van der Waals surface area contributed by atoms with Crippen molar-refractivity contribution in [1.82, 2.24) is 4.72 Å². The Bertz CT molecular complexity index is 593. The second-order valence-corrected chi connectivity index (χ2v) is 6.22. The Morgan fingerprint density at radius 2 is 2.10 bits per heavy atom. The first kappa shape index (κ1) is 17.9. The molecule has 118 valence electrons. The Kier molecular flexibility index (Phi) is 7.12. The summed E-state index contributed by atoms with van der Waals surface area (Å²) >= 11 is 4.67. The second-order valence-electron chi connectivity index (χ2n) is 4.01. The van der Waals surface area contributed by atoms with Gasteiger partial charge in [-0.15, -0.1) is 0 Å². The van der Waals surface area contributed by atoms with E-state index in [0.29, 0.717) is 13.2 Å². The molecular formula is C12H17FN2O4S2. The van der Waals surface area contributed by atoms with Crippen molar-refractivity contribution in [3.05, 3.63) is 29.6 Å². The van der Waals surface area contributed by atoms with E-state index in [1.54, 1.807) is 7.11 Å². The zero-order chi connectivity index (χ0) is 15.9. The number of hydrogen-bond acceptors (Lipinski definition) is 5. The Hall–Kier alpha value is -1.13. The monoisotopic (exact) mass is 336 g/mol. The number of hydrogen-bond donors (Lipinski definition) is 2. The fraction of sp³-hybridized carbons (Fsp3) is 0.417. The lowest BCUT2D eigenvalue weighted by Gasteiger charge is -2.09. The molecule has 0 unspecified atom stereocenters. The average Bonchev–Trinajstić information content (AvgIpc) is 2.42. The molecule has 21 heavy (non-hydrogen) atoms. The molecule has 0 saturated carbocycles. The maximum atomic E-state index is 13.4. The minimum atomic E-state index is -3.77. The Balaban J connectivity index is 2.66. The first-order valence-electron chi connectivity index (χ1n) is 6.04. The smallest absolute Gasteiger partial charge is 0.240 e. The summed E-state index contributed by atoms with van der Waals surface area (Å²) in [5.41, 5.74) is 5.23. The van der Waals surface area contributed by atoms with E-state index in [9.17, 15) is 12.8 Å². The molecule has 0 bridgehead atoms. The molecule has 0 fully saturated rings. The standard InChI is InChI=1S/C12H17FN2O4S2/c1-18-6-7-19-5-4-15-21(16,17)9-2-3-11(13)10(8-9)12(14)20/h2-3,8,15H,4-7H2,1H3,(H2,14,20). The van der Waals surface area contributed by atoms with Gasteiger partial charge in [-0.2, -0.15) is 0 Å². The highest BCUT2D eigenvalue weighted by Crippen LogP contribution is 2.15. The van der Waals surface area contributed by atoms with Gasteiger partial charge >= 0.3 is 0 Å². The van der Waals surface area contributed by atoms with Crippen LogP contribution in [0, 0.1) is 5.82 Å². The van der Waals surface area contributed by atoms with Gasteiger partial charge in [0.25, 0.3) is 0 Å². The van der Waals surface area contributed by atoms with Gasteiger partial charge in [0.2, 0.25) is 10.0 Å². The van der Waals surface area contributed by atoms with Crippen molar-refractivity contribution in [2.75, 3.05) is 33.5 Å². The zero-order valence-corrected chi connectivity index (χ0v) is 13.1. The van der Waals surface area contributed by atoms with E-state index >= 15 is 0 Å². The van der Waals surface area contributed by atoms with Crippen LogP contribution in [-0.2, 0) is 19.5 Å². The molecule has 3 N–H and O–H groups in total. The number of sulfonamides is 1. The molecule has 0 spiro atoms. The summed E-state index contributed by atoms with van der Waals surface area (Å²) in [5, 5.41) is 0. The maximum absolute atomic E-state index is 13.4. The first-order valence-corrected chi connectivity index (χ1v) is 7.93. The number of benzene rings is 1. The van der Waals surface area contributed by atoms with Crippen LogP contribution in [0.25, 0.3) is 0 Å². The van der Waals surface area contributed by atoms with Gasteiger partial charge in [0.05, 0.1) is 24.7 Å². The average molecular weight is 336 g/mol. The molecule has 9 heteroatoms. The van der Waals surface area contributed by atoms with E-state index in [4.69, 9.17) is 15.2 Å². The molecule has 6 nitrogen and oxygen atoms in total. The van der Waals surface area contributed by atoms with Gasteiger partial charge in [-0.3, -0.25) is 0 Å². The lowest BCUT2D eigenvalue weighted by molar-refractivity contribution is 0.0736. The SMILES string of the molecule is COCCOCCNS(=O)(=O)c1ccc(F)c(C(N)=S)c1. The molecule has 0 atom stereocenters. The molecule has 0 amide bonds. The number of halogens is 1. The van der Waals surface area contributed by atoms with E-state index in [0.717, 1.165) is 18.2 Å². The summed E-state index contributed by atoms with van der Waals surface area (Å²) in [5.74, 6) is -0.663. The Morgan fingerprint density at radius 3 is 2.71 bits per heavy atom. The van der Waals surface area contributed by atoms with Gasteiger partial charge in [-0.1, -0.05) is 12.2 Å². The van der Waals surface area contributed by atoms with Crippen LogP contribution in [0.2, 0.25) is 0 Å². The fourth-order valence-corrected chi connectivity index (χ4v) is 2.63. The van der Waals surface area contributed by atoms with Crippen LogP contribution in [0.3, 0.4) is 0 Å². The number of rotatable bonds is 9. The van der Waals surface area contributed by atoms with Crippen molar-refractivity contribution in [2.24, 2.45) is 5.73 Å².